The van der Waals surface area contributed by atoms with Gasteiger partial charge >= 0.3 is 0 Å². The van der Waals surface area contributed by atoms with Gasteiger partial charge in [-0.2, -0.15) is 4.31 Å². The normalized spacial score (nSPS) is 22.2. The lowest BCUT2D eigenvalue weighted by Crippen LogP contribution is -2.49. The number of aliphatic hydroxyl groups is 1. The van der Waals surface area contributed by atoms with Gasteiger partial charge in [-0.25, -0.2) is 8.42 Å². The van der Waals surface area contributed by atoms with Crippen LogP contribution in [-0.4, -0.2) is 35.4 Å². The SMILES string of the molecule is C=CCN1[C@H](Cc2c[nH]c3ccccc23)[C@H](O)c2ccccc2S1(=O)=O. The number of sulfonamides is 1. The van der Waals surface area contributed by atoms with Crippen molar-refractivity contribution in [1.82, 2.24) is 9.29 Å². The predicted octanol–water partition coefficient (Wildman–Crippen LogP) is 3.00. The quantitative estimate of drug-likeness (QED) is 0.695. The lowest BCUT2D eigenvalue weighted by Gasteiger charge is -2.38. The fraction of sp³-hybridized carbons (Fsp3) is 0.200. The van der Waals surface area contributed by atoms with Crippen molar-refractivity contribution in [2.45, 2.75) is 23.5 Å². The van der Waals surface area contributed by atoms with E-state index >= 15 is 0 Å². The van der Waals surface area contributed by atoms with E-state index in [0.717, 1.165) is 16.5 Å². The molecule has 2 heterocycles. The maximum atomic E-state index is 13.1. The highest BCUT2D eigenvalue weighted by Crippen LogP contribution is 2.38. The van der Waals surface area contributed by atoms with Crippen molar-refractivity contribution >= 4 is 20.9 Å². The van der Waals surface area contributed by atoms with Crippen LogP contribution in [0, 0.1) is 0 Å². The van der Waals surface area contributed by atoms with Gasteiger partial charge < -0.3 is 10.1 Å². The summed E-state index contributed by atoms with van der Waals surface area (Å²) >= 11 is 0. The Morgan fingerprint density at radius 3 is 2.69 bits per heavy atom. The van der Waals surface area contributed by atoms with E-state index in [9.17, 15) is 13.5 Å². The van der Waals surface area contributed by atoms with Crippen molar-refractivity contribution in [3.8, 4) is 0 Å². The van der Waals surface area contributed by atoms with Crippen LogP contribution in [0.2, 0.25) is 0 Å². The Kier molecular flexibility index (Phi) is 4.19. The maximum absolute atomic E-state index is 13.1. The van der Waals surface area contributed by atoms with Crippen LogP contribution in [0.3, 0.4) is 0 Å². The molecule has 0 saturated heterocycles. The molecule has 134 valence electrons. The smallest absolute Gasteiger partial charge is 0.244 e. The minimum atomic E-state index is -3.69. The molecule has 2 aromatic carbocycles. The molecular formula is C20H20N2O3S. The average molecular weight is 368 g/mol. The first-order valence-corrected chi connectivity index (χ1v) is 9.93. The van der Waals surface area contributed by atoms with Gasteiger partial charge in [0.1, 0.15) is 0 Å². The van der Waals surface area contributed by atoms with Crippen molar-refractivity contribution in [3.05, 3.63) is 78.5 Å². The highest BCUT2D eigenvalue weighted by Gasteiger charge is 2.43. The molecule has 6 heteroatoms. The zero-order valence-electron chi connectivity index (χ0n) is 14.2. The summed E-state index contributed by atoms with van der Waals surface area (Å²) in [7, 11) is -3.69. The summed E-state index contributed by atoms with van der Waals surface area (Å²) in [5, 5.41) is 12.0. The molecule has 0 bridgehead atoms. The fourth-order valence-corrected chi connectivity index (χ4v) is 5.57. The molecule has 0 radical (unpaired) electrons. The second kappa shape index (κ2) is 6.39. The summed E-state index contributed by atoms with van der Waals surface area (Å²) in [4.78, 5) is 3.38. The summed E-state index contributed by atoms with van der Waals surface area (Å²) in [6.07, 6.45) is 2.95. The number of aromatic amines is 1. The van der Waals surface area contributed by atoms with E-state index in [2.05, 4.69) is 11.6 Å². The fourth-order valence-electron chi connectivity index (χ4n) is 3.73. The highest BCUT2D eigenvalue weighted by molar-refractivity contribution is 7.89. The van der Waals surface area contributed by atoms with Gasteiger partial charge in [-0.3, -0.25) is 0 Å². The molecule has 3 aromatic rings. The van der Waals surface area contributed by atoms with E-state index < -0.39 is 22.2 Å². The van der Waals surface area contributed by atoms with Crippen molar-refractivity contribution in [1.29, 1.82) is 0 Å². The third-order valence-corrected chi connectivity index (χ3v) is 6.94. The molecule has 1 aliphatic rings. The predicted molar refractivity (Wildman–Crippen MR) is 101 cm³/mol. The third kappa shape index (κ3) is 2.58. The van der Waals surface area contributed by atoms with Gasteiger partial charge in [0, 0.05) is 29.2 Å². The topological polar surface area (TPSA) is 73.4 Å². The van der Waals surface area contributed by atoms with Gasteiger partial charge in [-0.15, -0.1) is 6.58 Å². The van der Waals surface area contributed by atoms with E-state index in [1.807, 2.05) is 30.5 Å². The second-order valence-corrected chi connectivity index (χ2v) is 8.34. The number of benzene rings is 2. The number of aromatic nitrogens is 1. The molecule has 2 atom stereocenters. The molecule has 5 nitrogen and oxygen atoms in total. The van der Waals surface area contributed by atoms with Crippen molar-refractivity contribution in [2.75, 3.05) is 6.54 Å². The van der Waals surface area contributed by atoms with Gasteiger partial charge in [-0.1, -0.05) is 42.5 Å². The van der Waals surface area contributed by atoms with E-state index in [-0.39, 0.29) is 11.4 Å². The summed E-state index contributed by atoms with van der Waals surface area (Å²) in [6.45, 7) is 3.84. The Labute approximate surface area is 152 Å². The molecule has 26 heavy (non-hydrogen) atoms. The number of rotatable bonds is 4. The van der Waals surface area contributed by atoms with Crippen LogP contribution in [-0.2, 0) is 16.4 Å². The molecule has 0 fully saturated rings. The highest BCUT2D eigenvalue weighted by atomic mass is 32.2. The number of nitrogens with one attached hydrogen (secondary N) is 1. The molecule has 1 aromatic heterocycles. The Bertz CT molecular complexity index is 1070. The van der Waals surface area contributed by atoms with E-state index in [1.54, 1.807) is 30.3 Å². The zero-order valence-corrected chi connectivity index (χ0v) is 15.0. The number of para-hydroxylation sites is 1. The van der Waals surface area contributed by atoms with Crippen LogP contribution in [0.25, 0.3) is 10.9 Å². The number of H-pyrrole nitrogens is 1. The minimum Gasteiger partial charge on any atom is -0.387 e. The molecule has 0 unspecified atom stereocenters. The van der Waals surface area contributed by atoms with Gasteiger partial charge in [0.25, 0.3) is 0 Å². The molecule has 0 saturated carbocycles. The zero-order chi connectivity index (χ0) is 18.3. The third-order valence-electron chi connectivity index (χ3n) is 4.97. The van der Waals surface area contributed by atoms with Gasteiger partial charge in [-0.05, 0) is 24.1 Å². The Morgan fingerprint density at radius 2 is 1.88 bits per heavy atom. The van der Waals surface area contributed by atoms with Crippen molar-refractivity contribution < 1.29 is 13.5 Å². The van der Waals surface area contributed by atoms with Crippen LogP contribution in [0.1, 0.15) is 17.2 Å². The van der Waals surface area contributed by atoms with E-state index in [1.165, 1.54) is 4.31 Å². The Hall–Kier alpha value is -2.41. The molecule has 0 amide bonds. The van der Waals surface area contributed by atoms with Crippen molar-refractivity contribution in [2.24, 2.45) is 0 Å². The summed E-state index contributed by atoms with van der Waals surface area (Å²) in [5.41, 5.74) is 2.43. The molecule has 1 aliphatic heterocycles. The first-order valence-electron chi connectivity index (χ1n) is 8.49. The van der Waals surface area contributed by atoms with Gasteiger partial charge in [0.15, 0.2) is 0 Å². The van der Waals surface area contributed by atoms with Crippen LogP contribution < -0.4 is 0 Å². The maximum Gasteiger partial charge on any atom is 0.244 e. The molecular weight excluding hydrogens is 348 g/mol. The Balaban J connectivity index is 1.82. The summed E-state index contributed by atoms with van der Waals surface area (Å²) < 4.78 is 27.6. The van der Waals surface area contributed by atoms with E-state index in [4.69, 9.17) is 0 Å². The van der Waals surface area contributed by atoms with Gasteiger partial charge in [0.2, 0.25) is 10.0 Å². The molecule has 0 aliphatic carbocycles. The summed E-state index contributed by atoms with van der Waals surface area (Å²) in [5.74, 6) is 0. The van der Waals surface area contributed by atoms with Crippen LogP contribution >= 0.6 is 0 Å². The van der Waals surface area contributed by atoms with Crippen LogP contribution in [0.15, 0.2) is 72.3 Å². The number of aliphatic hydroxyl groups excluding tert-OH is 1. The summed E-state index contributed by atoms with van der Waals surface area (Å²) in [6, 6.07) is 13.9. The minimum absolute atomic E-state index is 0.154. The van der Waals surface area contributed by atoms with Crippen LogP contribution in [0.4, 0.5) is 0 Å². The van der Waals surface area contributed by atoms with Crippen molar-refractivity contribution in [3.63, 3.8) is 0 Å². The lowest BCUT2D eigenvalue weighted by molar-refractivity contribution is 0.0842. The first kappa shape index (κ1) is 17.0. The monoisotopic (exact) mass is 368 g/mol. The number of hydrogen-bond donors (Lipinski definition) is 2. The van der Waals surface area contributed by atoms with Crippen LogP contribution in [0.5, 0.6) is 0 Å². The lowest BCUT2D eigenvalue weighted by atomic mass is 9.95. The van der Waals surface area contributed by atoms with E-state index in [0.29, 0.717) is 12.0 Å². The second-order valence-electron chi connectivity index (χ2n) is 6.48. The molecule has 4 rings (SSSR count). The largest absolute Gasteiger partial charge is 0.387 e. The van der Waals surface area contributed by atoms with Gasteiger partial charge in [0.05, 0.1) is 17.0 Å². The number of nitrogens with zero attached hydrogens (tertiary/aromatic N) is 1. The molecule has 2 N–H and O–H groups in total. The Morgan fingerprint density at radius 1 is 1.15 bits per heavy atom. The molecule has 0 spiro atoms. The number of hydrogen-bond acceptors (Lipinski definition) is 3. The standard InChI is InChI=1S/C20H20N2O3S/c1-2-11-22-18(12-14-13-21-17-9-5-3-7-15(14)17)20(23)16-8-4-6-10-19(16)26(22,24)25/h2-10,13,18,20-21,23H,1,11-12H2/t18-,20-/m1/s1. The number of fused-ring (bicyclic) bond motifs is 2. The first-order chi connectivity index (χ1) is 12.5. The average Bonchev–Trinajstić information content (AvgIpc) is 3.06.